The number of thioether (sulfide) groups is 1. The van der Waals surface area contributed by atoms with Crippen molar-refractivity contribution in [2.75, 3.05) is 5.75 Å². The molecule has 2 fully saturated rings. The average molecular weight is 172 g/mol. The summed E-state index contributed by atoms with van der Waals surface area (Å²) in [5.74, 6) is 1.99. The predicted octanol–water partition coefficient (Wildman–Crippen LogP) is 2.31. The molecule has 0 saturated carbocycles. The zero-order chi connectivity index (χ0) is 8.06. The standard InChI is InChI=1S/C9H16OS/c1-4-9-5-11-8(6(9)2)7(3)10-9/h6-8H,4-5H2,1-3H3. The molecule has 0 amide bonds. The predicted molar refractivity (Wildman–Crippen MR) is 49.0 cm³/mol. The normalized spacial score (nSPS) is 55.4. The van der Waals surface area contributed by atoms with E-state index < -0.39 is 0 Å². The van der Waals surface area contributed by atoms with Crippen LogP contribution in [0.5, 0.6) is 0 Å². The van der Waals surface area contributed by atoms with Crippen LogP contribution in [-0.2, 0) is 4.74 Å². The molecule has 64 valence electrons. The van der Waals surface area contributed by atoms with Crippen molar-refractivity contribution in [3.05, 3.63) is 0 Å². The van der Waals surface area contributed by atoms with Gasteiger partial charge in [0.05, 0.1) is 11.7 Å². The molecule has 0 spiro atoms. The summed E-state index contributed by atoms with van der Waals surface area (Å²) in [5.41, 5.74) is 0.245. The van der Waals surface area contributed by atoms with Gasteiger partial charge in [-0.2, -0.15) is 11.8 Å². The highest BCUT2D eigenvalue weighted by Gasteiger charge is 2.55. The van der Waals surface area contributed by atoms with Gasteiger partial charge < -0.3 is 4.74 Å². The van der Waals surface area contributed by atoms with E-state index in [2.05, 4.69) is 32.5 Å². The topological polar surface area (TPSA) is 9.23 Å². The van der Waals surface area contributed by atoms with E-state index in [4.69, 9.17) is 4.74 Å². The lowest BCUT2D eigenvalue weighted by Gasteiger charge is -2.29. The molecule has 2 aliphatic heterocycles. The Hall–Kier alpha value is 0.310. The van der Waals surface area contributed by atoms with Crippen molar-refractivity contribution in [3.8, 4) is 0 Å². The van der Waals surface area contributed by atoms with Crippen LogP contribution >= 0.6 is 11.8 Å². The second kappa shape index (κ2) is 2.40. The first-order chi connectivity index (χ1) is 5.19. The molecule has 2 heterocycles. The zero-order valence-electron chi connectivity index (χ0n) is 7.46. The summed E-state index contributed by atoms with van der Waals surface area (Å²) in [6.45, 7) is 6.81. The molecule has 0 N–H and O–H groups in total. The van der Waals surface area contributed by atoms with Gasteiger partial charge in [0.15, 0.2) is 0 Å². The number of rotatable bonds is 1. The quantitative estimate of drug-likeness (QED) is 0.600. The van der Waals surface area contributed by atoms with Gasteiger partial charge in [-0.1, -0.05) is 13.8 Å². The minimum absolute atomic E-state index is 0.245. The molecule has 0 aromatic heterocycles. The summed E-state index contributed by atoms with van der Waals surface area (Å²) in [6.07, 6.45) is 1.67. The molecule has 4 atom stereocenters. The molecule has 11 heavy (non-hydrogen) atoms. The van der Waals surface area contributed by atoms with E-state index in [9.17, 15) is 0 Å². The molecule has 0 aromatic rings. The molecule has 0 aliphatic carbocycles. The van der Waals surface area contributed by atoms with E-state index in [-0.39, 0.29) is 5.60 Å². The Bertz CT molecular complexity index is 171. The maximum atomic E-state index is 5.99. The first kappa shape index (κ1) is 7.93. The Morgan fingerprint density at radius 1 is 1.55 bits per heavy atom. The van der Waals surface area contributed by atoms with Crippen LogP contribution in [0.2, 0.25) is 0 Å². The van der Waals surface area contributed by atoms with Crippen molar-refractivity contribution in [2.24, 2.45) is 5.92 Å². The second-order valence-corrected chi connectivity index (χ2v) is 4.97. The SMILES string of the molecule is CCC12CSC(C(C)O1)C2C. The molecule has 2 rings (SSSR count). The van der Waals surface area contributed by atoms with Gasteiger partial charge in [0.2, 0.25) is 0 Å². The van der Waals surface area contributed by atoms with E-state index in [0.29, 0.717) is 6.10 Å². The number of hydrogen-bond donors (Lipinski definition) is 0. The molecular weight excluding hydrogens is 156 g/mol. The highest BCUT2D eigenvalue weighted by Crippen LogP contribution is 2.52. The lowest BCUT2D eigenvalue weighted by atomic mass is 9.88. The van der Waals surface area contributed by atoms with Crippen LogP contribution in [0.3, 0.4) is 0 Å². The van der Waals surface area contributed by atoms with Crippen LogP contribution in [0, 0.1) is 5.92 Å². The first-order valence-corrected chi connectivity index (χ1v) is 5.54. The van der Waals surface area contributed by atoms with Crippen molar-refractivity contribution < 1.29 is 4.74 Å². The first-order valence-electron chi connectivity index (χ1n) is 4.49. The molecule has 4 unspecified atom stereocenters. The third-order valence-corrected chi connectivity index (χ3v) is 5.16. The van der Waals surface area contributed by atoms with Crippen LogP contribution in [-0.4, -0.2) is 22.7 Å². The smallest absolute Gasteiger partial charge is 0.0811 e. The van der Waals surface area contributed by atoms with Crippen molar-refractivity contribution in [3.63, 3.8) is 0 Å². The van der Waals surface area contributed by atoms with Crippen LogP contribution in [0.1, 0.15) is 27.2 Å². The van der Waals surface area contributed by atoms with Crippen molar-refractivity contribution in [2.45, 2.75) is 44.1 Å². The van der Waals surface area contributed by atoms with Gasteiger partial charge in [-0.3, -0.25) is 0 Å². The Balaban J connectivity index is 2.24. The minimum Gasteiger partial charge on any atom is -0.370 e. The highest BCUT2D eigenvalue weighted by atomic mass is 32.2. The fourth-order valence-electron chi connectivity index (χ4n) is 2.44. The highest BCUT2D eigenvalue weighted by molar-refractivity contribution is 8.00. The van der Waals surface area contributed by atoms with Gasteiger partial charge in [-0.25, -0.2) is 0 Å². The summed E-state index contributed by atoms with van der Waals surface area (Å²) in [7, 11) is 0. The lowest BCUT2D eigenvalue weighted by Crippen LogP contribution is -2.34. The molecule has 2 heteroatoms. The molecule has 0 radical (unpaired) electrons. The molecule has 2 saturated heterocycles. The third kappa shape index (κ3) is 0.888. The third-order valence-electron chi connectivity index (χ3n) is 3.32. The summed E-state index contributed by atoms with van der Waals surface area (Å²) < 4.78 is 5.99. The van der Waals surface area contributed by atoms with Crippen LogP contribution in [0.15, 0.2) is 0 Å². The van der Waals surface area contributed by atoms with Gasteiger partial charge in [0.25, 0.3) is 0 Å². The van der Waals surface area contributed by atoms with Gasteiger partial charge in [-0.05, 0) is 13.3 Å². The summed E-state index contributed by atoms with van der Waals surface area (Å²) >= 11 is 2.11. The van der Waals surface area contributed by atoms with Gasteiger partial charge >= 0.3 is 0 Å². The van der Waals surface area contributed by atoms with Crippen LogP contribution in [0.4, 0.5) is 0 Å². The van der Waals surface area contributed by atoms with Crippen molar-refractivity contribution in [1.82, 2.24) is 0 Å². The zero-order valence-corrected chi connectivity index (χ0v) is 8.28. The fourth-order valence-corrected chi connectivity index (χ4v) is 4.31. The van der Waals surface area contributed by atoms with Crippen molar-refractivity contribution in [1.29, 1.82) is 0 Å². The summed E-state index contributed by atoms with van der Waals surface area (Å²) in [5, 5.41) is 0.773. The van der Waals surface area contributed by atoms with E-state index in [0.717, 1.165) is 11.2 Å². The Labute approximate surface area is 72.9 Å². The molecule has 1 nitrogen and oxygen atoms in total. The second-order valence-electron chi connectivity index (χ2n) is 3.81. The van der Waals surface area contributed by atoms with Crippen molar-refractivity contribution >= 4 is 11.8 Å². The number of fused-ring (bicyclic) bond motifs is 2. The average Bonchev–Trinajstić information content (AvgIpc) is 2.42. The van der Waals surface area contributed by atoms with Gasteiger partial charge in [-0.15, -0.1) is 0 Å². The minimum atomic E-state index is 0.245. The van der Waals surface area contributed by atoms with E-state index in [1.807, 2.05) is 0 Å². The van der Waals surface area contributed by atoms with E-state index >= 15 is 0 Å². The maximum absolute atomic E-state index is 5.99. The fraction of sp³-hybridized carbons (Fsp3) is 1.00. The van der Waals surface area contributed by atoms with Crippen LogP contribution < -0.4 is 0 Å². The van der Waals surface area contributed by atoms with E-state index in [1.165, 1.54) is 12.2 Å². The number of ether oxygens (including phenoxy) is 1. The summed E-state index contributed by atoms with van der Waals surface area (Å²) in [4.78, 5) is 0. The molecular formula is C9H16OS. The Morgan fingerprint density at radius 3 is 2.55 bits per heavy atom. The van der Waals surface area contributed by atoms with Gasteiger partial charge in [0, 0.05) is 16.9 Å². The number of hydrogen-bond acceptors (Lipinski definition) is 2. The molecule has 0 aromatic carbocycles. The largest absolute Gasteiger partial charge is 0.370 e. The monoisotopic (exact) mass is 172 g/mol. The van der Waals surface area contributed by atoms with E-state index in [1.54, 1.807) is 0 Å². The van der Waals surface area contributed by atoms with Gasteiger partial charge in [0.1, 0.15) is 0 Å². The lowest BCUT2D eigenvalue weighted by molar-refractivity contribution is -0.0363. The van der Waals surface area contributed by atoms with Crippen LogP contribution in [0.25, 0.3) is 0 Å². The Morgan fingerprint density at radius 2 is 2.27 bits per heavy atom. The molecule has 2 aliphatic rings. The summed E-state index contributed by atoms with van der Waals surface area (Å²) in [6, 6.07) is 0. The maximum Gasteiger partial charge on any atom is 0.0811 e. The Kier molecular flexibility index (Phi) is 1.73. The molecule has 2 bridgehead atoms.